The van der Waals surface area contributed by atoms with Crippen LogP contribution in [-0.4, -0.2) is 24.0 Å². The summed E-state index contributed by atoms with van der Waals surface area (Å²) in [5.41, 5.74) is 6.99. The highest BCUT2D eigenvalue weighted by molar-refractivity contribution is 7.16. The number of carbonyl (C=O) groups is 1. The van der Waals surface area contributed by atoms with Crippen LogP contribution in [0.15, 0.2) is 35.8 Å². The highest BCUT2D eigenvalue weighted by Crippen LogP contribution is 2.27. The molecule has 116 valence electrons. The summed E-state index contributed by atoms with van der Waals surface area (Å²) in [6.45, 7) is 3.11. The molecule has 0 atom stereocenters. The van der Waals surface area contributed by atoms with Gasteiger partial charge in [-0.15, -0.1) is 11.3 Å². The fourth-order valence-corrected chi connectivity index (χ4v) is 3.53. The van der Waals surface area contributed by atoms with E-state index in [9.17, 15) is 4.79 Å². The van der Waals surface area contributed by atoms with Crippen LogP contribution in [0.4, 0.5) is 0 Å². The number of nitrogens with one attached hydrogen (secondary N) is 1. The molecule has 1 aromatic heterocycles. The summed E-state index contributed by atoms with van der Waals surface area (Å²) in [4.78, 5) is 16.5. The van der Waals surface area contributed by atoms with Gasteiger partial charge in [0, 0.05) is 0 Å². The molecule has 0 aliphatic carbocycles. The van der Waals surface area contributed by atoms with E-state index < -0.39 is 0 Å². The third-order valence-corrected chi connectivity index (χ3v) is 4.93. The smallest absolute Gasteiger partial charge is 0.255 e. The highest BCUT2D eigenvalue weighted by atomic mass is 32.1. The molecule has 1 aliphatic rings. The number of hydrogen-bond donors (Lipinski definition) is 1. The Morgan fingerprint density at radius 2 is 2.22 bits per heavy atom. The Morgan fingerprint density at radius 1 is 1.30 bits per heavy atom. The Morgan fingerprint density at radius 3 is 3.13 bits per heavy atom. The van der Waals surface area contributed by atoms with Gasteiger partial charge in [-0.25, -0.2) is 4.98 Å². The standard InChI is InChI=1S/C18H16N2O2S/c1-11-6-16-14(18(21)19-4-5-22-16)9-13(11)7-12-2-3-17-15(8-12)20-10-23-17/h2-3,6,8-10H,4-5,7H2,1H3,(H,19,21). The Balaban J connectivity index is 1.72. The molecule has 1 amide bonds. The number of fused-ring (bicyclic) bond motifs is 2. The molecule has 2 aromatic carbocycles. The van der Waals surface area contributed by atoms with Crippen LogP contribution in [0.3, 0.4) is 0 Å². The van der Waals surface area contributed by atoms with Crippen molar-refractivity contribution < 1.29 is 9.53 Å². The summed E-state index contributed by atoms with van der Waals surface area (Å²) in [5, 5.41) is 2.86. The number of rotatable bonds is 2. The van der Waals surface area contributed by atoms with Crippen molar-refractivity contribution in [1.29, 1.82) is 0 Å². The SMILES string of the molecule is Cc1cc2c(cc1Cc1ccc3scnc3c1)C(=O)NCCO2. The summed E-state index contributed by atoms with van der Waals surface area (Å²) < 4.78 is 6.85. The minimum absolute atomic E-state index is 0.0614. The van der Waals surface area contributed by atoms with Gasteiger partial charge >= 0.3 is 0 Å². The molecule has 0 saturated carbocycles. The molecule has 1 aliphatic heterocycles. The number of hydrogen-bond acceptors (Lipinski definition) is 4. The van der Waals surface area contributed by atoms with Crippen molar-refractivity contribution in [2.24, 2.45) is 0 Å². The molecule has 23 heavy (non-hydrogen) atoms. The molecular weight excluding hydrogens is 308 g/mol. The molecule has 4 rings (SSSR count). The summed E-state index contributed by atoms with van der Waals surface area (Å²) in [6.07, 6.45) is 0.778. The molecule has 5 heteroatoms. The van der Waals surface area contributed by atoms with Crippen LogP contribution in [0.25, 0.3) is 10.2 Å². The van der Waals surface area contributed by atoms with Crippen molar-refractivity contribution >= 4 is 27.5 Å². The maximum atomic E-state index is 12.2. The largest absolute Gasteiger partial charge is 0.491 e. The Hall–Kier alpha value is -2.40. The van der Waals surface area contributed by atoms with Crippen LogP contribution in [0.1, 0.15) is 27.0 Å². The summed E-state index contributed by atoms with van der Waals surface area (Å²) in [6, 6.07) is 10.3. The molecule has 0 unspecified atom stereocenters. The van der Waals surface area contributed by atoms with Gasteiger partial charge < -0.3 is 10.1 Å². The number of thiazole rings is 1. The van der Waals surface area contributed by atoms with Crippen LogP contribution in [-0.2, 0) is 6.42 Å². The van der Waals surface area contributed by atoms with Gasteiger partial charge in [0.15, 0.2) is 0 Å². The number of aromatic nitrogens is 1. The molecular formula is C18H16N2O2S. The minimum atomic E-state index is -0.0614. The molecule has 0 radical (unpaired) electrons. The maximum Gasteiger partial charge on any atom is 0.255 e. The Labute approximate surface area is 138 Å². The van der Waals surface area contributed by atoms with Crippen LogP contribution < -0.4 is 10.1 Å². The number of nitrogens with zero attached hydrogens (tertiary/aromatic N) is 1. The summed E-state index contributed by atoms with van der Waals surface area (Å²) >= 11 is 1.65. The molecule has 4 nitrogen and oxygen atoms in total. The van der Waals surface area contributed by atoms with E-state index in [1.807, 2.05) is 17.6 Å². The molecule has 0 saturated heterocycles. The predicted molar refractivity (Wildman–Crippen MR) is 91.4 cm³/mol. The van der Waals surface area contributed by atoms with Gasteiger partial charge in [0.1, 0.15) is 12.4 Å². The van der Waals surface area contributed by atoms with Crippen molar-refractivity contribution in [1.82, 2.24) is 10.3 Å². The molecule has 2 heterocycles. The first-order valence-electron chi connectivity index (χ1n) is 7.57. The lowest BCUT2D eigenvalue weighted by molar-refractivity contribution is 0.0957. The Bertz CT molecular complexity index is 901. The van der Waals surface area contributed by atoms with E-state index in [1.165, 1.54) is 10.3 Å². The predicted octanol–water partition coefficient (Wildman–Crippen LogP) is 3.32. The molecule has 3 aromatic rings. The zero-order valence-corrected chi connectivity index (χ0v) is 13.6. The van der Waals surface area contributed by atoms with E-state index in [1.54, 1.807) is 11.3 Å². The number of ether oxygens (including phenoxy) is 1. The monoisotopic (exact) mass is 324 g/mol. The van der Waals surface area contributed by atoms with E-state index in [0.717, 1.165) is 23.1 Å². The van der Waals surface area contributed by atoms with E-state index in [-0.39, 0.29) is 5.91 Å². The van der Waals surface area contributed by atoms with Gasteiger partial charge in [-0.05, 0) is 54.3 Å². The second kappa shape index (κ2) is 5.66. The van der Waals surface area contributed by atoms with Crippen LogP contribution in [0.5, 0.6) is 5.75 Å². The third kappa shape index (κ3) is 2.68. The van der Waals surface area contributed by atoms with E-state index >= 15 is 0 Å². The summed E-state index contributed by atoms with van der Waals surface area (Å²) in [5.74, 6) is 0.616. The maximum absolute atomic E-state index is 12.2. The van der Waals surface area contributed by atoms with Crippen LogP contribution in [0, 0.1) is 6.92 Å². The average molecular weight is 324 g/mol. The van der Waals surface area contributed by atoms with Gasteiger partial charge in [0.05, 0.1) is 27.8 Å². The molecule has 1 N–H and O–H groups in total. The van der Waals surface area contributed by atoms with Gasteiger partial charge in [-0.1, -0.05) is 6.07 Å². The number of benzene rings is 2. The normalized spacial score (nSPS) is 14.0. The first-order chi connectivity index (χ1) is 11.2. The van der Waals surface area contributed by atoms with Crippen molar-refractivity contribution in [3.63, 3.8) is 0 Å². The van der Waals surface area contributed by atoms with Crippen LogP contribution >= 0.6 is 11.3 Å². The van der Waals surface area contributed by atoms with Gasteiger partial charge in [0.25, 0.3) is 5.91 Å². The van der Waals surface area contributed by atoms with E-state index in [4.69, 9.17) is 4.74 Å². The minimum Gasteiger partial charge on any atom is -0.491 e. The number of aryl methyl sites for hydroxylation is 1. The lowest BCUT2D eigenvalue weighted by Crippen LogP contribution is -2.24. The van der Waals surface area contributed by atoms with E-state index in [0.29, 0.717) is 24.5 Å². The number of carbonyl (C=O) groups excluding carboxylic acids is 1. The second-order valence-corrected chi connectivity index (χ2v) is 6.60. The fraction of sp³-hybridized carbons (Fsp3) is 0.222. The van der Waals surface area contributed by atoms with Gasteiger partial charge in [0.2, 0.25) is 0 Å². The third-order valence-electron chi connectivity index (χ3n) is 4.12. The molecule has 0 bridgehead atoms. The van der Waals surface area contributed by atoms with Crippen molar-refractivity contribution in [3.05, 3.63) is 58.1 Å². The van der Waals surface area contributed by atoms with Gasteiger partial charge in [-0.2, -0.15) is 0 Å². The summed E-state index contributed by atoms with van der Waals surface area (Å²) in [7, 11) is 0. The first kappa shape index (κ1) is 14.2. The first-order valence-corrected chi connectivity index (χ1v) is 8.45. The quantitative estimate of drug-likeness (QED) is 0.787. The fourth-order valence-electron chi connectivity index (χ4n) is 2.87. The topological polar surface area (TPSA) is 51.2 Å². The van der Waals surface area contributed by atoms with Crippen molar-refractivity contribution in [3.8, 4) is 5.75 Å². The molecule has 0 fully saturated rings. The van der Waals surface area contributed by atoms with E-state index in [2.05, 4.69) is 35.4 Å². The van der Waals surface area contributed by atoms with Crippen LogP contribution in [0.2, 0.25) is 0 Å². The zero-order chi connectivity index (χ0) is 15.8. The highest BCUT2D eigenvalue weighted by Gasteiger charge is 2.18. The van der Waals surface area contributed by atoms with Crippen molar-refractivity contribution in [2.45, 2.75) is 13.3 Å². The van der Waals surface area contributed by atoms with Gasteiger partial charge in [-0.3, -0.25) is 4.79 Å². The number of amides is 1. The zero-order valence-electron chi connectivity index (χ0n) is 12.8. The Kier molecular flexibility index (Phi) is 3.50. The lowest BCUT2D eigenvalue weighted by atomic mass is 9.97. The second-order valence-electron chi connectivity index (χ2n) is 5.71. The molecule has 0 spiro atoms. The lowest BCUT2D eigenvalue weighted by Gasteiger charge is -2.12. The van der Waals surface area contributed by atoms with Crippen molar-refractivity contribution in [2.75, 3.05) is 13.2 Å². The average Bonchev–Trinajstić information content (AvgIpc) is 2.93.